The fourth-order valence-electron chi connectivity index (χ4n) is 4.93. The van der Waals surface area contributed by atoms with Crippen LogP contribution in [0.4, 0.5) is 4.39 Å². The van der Waals surface area contributed by atoms with Gasteiger partial charge >= 0.3 is 5.97 Å². The van der Waals surface area contributed by atoms with Gasteiger partial charge in [0.05, 0.1) is 30.4 Å². The molecule has 2 aliphatic heterocycles. The Balaban J connectivity index is 1.12. The Morgan fingerprint density at radius 1 is 1.25 bits per heavy atom. The predicted octanol–water partition coefficient (Wildman–Crippen LogP) is 5.92. The number of rotatable bonds is 10. The number of nitrogens with zero attached hydrogens (tertiary/aromatic N) is 4. The van der Waals surface area contributed by atoms with Crippen LogP contribution in [0.1, 0.15) is 45.2 Å². The first kappa shape index (κ1) is 27.3. The van der Waals surface area contributed by atoms with Gasteiger partial charge in [0.15, 0.2) is 0 Å². The quantitative estimate of drug-likeness (QED) is 0.165. The van der Waals surface area contributed by atoms with Crippen molar-refractivity contribution in [2.75, 3.05) is 19.7 Å². The fourth-order valence-corrected chi connectivity index (χ4v) is 6.29. The zero-order valence-electron chi connectivity index (χ0n) is 21.7. The molecule has 0 spiro atoms. The maximum absolute atomic E-state index is 14.3. The van der Waals surface area contributed by atoms with Crippen LogP contribution in [0, 0.1) is 5.82 Å². The topological polar surface area (TPSA) is 89.7 Å². The van der Waals surface area contributed by atoms with Crippen LogP contribution in [0.3, 0.4) is 0 Å². The third kappa shape index (κ3) is 5.92. The maximum Gasteiger partial charge on any atom is 0.346 e. The summed E-state index contributed by atoms with van der Waals surface area (Å²) in [5, 5.41) is 9.42. The Morgan fingerprint density at radius 3 is 2.83 bits per heavy atom. The standard InChI is InChI=1S/C29H28FIN4O4S/c30-22-12-18(14-31)4-5-20(22)17-39-27-3-1-2-23(32-27)19-6-9-34(10-7-19)16-26-33-28-24(13-25(40-28)29(36)37)35(26)15-21-8-11-38-21/h1-6,12-13,21H,7-11,14-17H2,(H,36,37)/t21-/m0/s1. The summed E-state index contributed by atoms with van der Waals surface area (Å²) in [5.74, 6) is 0.214. The predicted molar refractivity (Wildman–Crippen MR) is 159 cm³/mol. The molecule has 0 radical (unpaired) electrons. The van der Waals surface area contributed by atoms with Gasteiger partial charge in [0.1, 0.15) is 28.0 Å². The minimum Gasteiger partial charge on any atom is -0.477 e. The number of pyridine rings is 1. The second-order valence-corrected chi connectivity index (χ2v) is 11.7. The number of hydrogen-bond donors (Lipinski definition) is 1. The van der Waals surface area contributed by atoms with Crippen LogP contribution < -0.4 is 4.74 Å². The van der Waals surface area contributed by atoms with Crippen LogP contribution in [0.2, 0.25) is 0 Å². The number of benzene rings is 1. The Labute approximate surface area is 248 Å². The molecular weight excluding hydrogens is 646 g/mol. The molecule has 5 heterocycles. The van der Waals surface area contributed by atoms with E-state index in [4.69, 9.17) is 14.5 Å². The number of ether oxygens (including phenoxy) is 2. The molecule has 0 bridgehead atoms. The average Bonchev–Trinajstić information content (AvgIpc) is 3.49. The molecule has 1 saturated heterocycles. The lowest BCUT2D eigenvalue weighted by molar-refractivity contribution is -0.0591. The maximum atomic E-state index is 14.3. The Morgan fingerprint density at radius 2 is 2.12 bits per heavy atom. The van der Waals surface area contributed by atoms with Crippen LogP contribution in [0.15, 0.2) is 48.5 Å². The normalized spacial score (nSPS) is 17.6. The molecule has 0 amide bonds. The van der Waals surface area contributed by atoms with Gasteiger partial charge < -0.3 is 19.1 Å². The third-order valence-corrected chi connectivity index (χ3v) is 9.16. The lowest BCUT2D eigenvalue weighted by Crippen LogP contribution is -2.33. The van der Waals surface area contributed by atoms with Crippen molar-refractivity contribution in [2.45, 2.75) is 43.1 Å². The van der Waals surface area contributed by atoms with Crippen molar-refractivity contribution in [3.05, 3.63) is 81.9 Å². The molecule has 0 saturated carbocycles. The number of carboxylic acids is 1. The number of thiophene rings is 1. The summed E-state index contributed by atoms with van der Waals surface area (Å²) < 4.78 is 28.7. The number of aromatic carboxylic acids is 1. The lowest BCUT2D eigenvalue weighted by Gasteiger charge is -2.29. The second-order valence-electron chi connectivity index (χ2n) is 9.95. The molecule has 0 aliphatic carbocycles. The summed E-state index contributed by atoms with van der Waals surface area (Å²) in [7, 11) is 0. The van der Waals surface area contributed by atoms with Gasteiger partial charge in [-0.3, -0.25) is 4.90 Å². The lowest BCUT2D eigenvalue weighted by atomic mass is 10.0. The third-order valence-electron chi connectivity index (χ3n) is 7.28. The second kappa shape index (κ2) is 11.9. The summed E-state index contributed by atoms with van der Waals surface area (Å²) >= 11 is 3.43. The molecule has 1 aromatic carbocycles. The molecule has 1 fully saturated rings. The van der Waals surface area contributed by atoms with E-state index in [1.54, 1.807) is 24.3 Å². The van der Waals surface area contributed by atoms with Crippen LogP contribution in [-0.4, -0.2) is 56.3 Å². The molecule has 0 unspecified atom stereocenters. The molecule has 6 rings (SSSR count). The zero-order chi connectivity index (χ0) is 27.6. The smallest absolute Gasteiger partial charge is 0.346 e. The molecule has 3 aromatic heterocycles. The van der Waals surface area contributed by atoms with E-state index in [1.807, 2.05) is 18.2 Å². The Kier molecular flexibility index (Phi) is 8.15. The first-order valence-corrected chi connectivity index (χ1v) is 15.5. The molecule has 1 atom stereocenters. The van der Waals surface area contributed by atoms with Crippen molar-refractivity contribution in [2.24, 2.45) is 0 Å². The largest absolute Gasteiger partial charge is 0.477 e. The van der Waals surface area contributed by atoms with Gasteiger partial charge in [0.25, 0.3) is 0 Å². The number of fused-ring (bicyclic) bond motifs is 1. The van der Waals surface area contributed by atoms with E-state index in [9.17, 15) is 14.3 Å². The first-order valence-electron chi connectivity index (χ1n) is 13.2. The molecule has 11 heteroatoms. The van der Waals surface area contributed by atoms with Crippen molar-refractivity contribution in [3.8, 4) is 5.88 Å². The monoisotopic (exact) mass is 674 g/mol. The summed E-state index contributed by atoms with van der Waals surface area (Å²) in [6, 6.07) is 12.6. The van der Waals surface area contributed by atoms with Crippen molar-refractivity contribution in [1.82, 2.24) is 19.4 Å². The van der Waals surface area contributed by atoms with Gasteiger partial charge in [0.2, 0.25) is 5.88 Å². The zero-order valence-corrected chi connectivity index (χ0v) is 24.7. The highest BCUT2D eigenvalue weighted by Gasteiger charge is 2.25. The molecule has 4 aromatic rings. The molecule has 8 nitrogen and oxygen atoms in total. The van der Waals surface area contributed by atoms with Gasteiger partial charge in [-0.1, -0.05) is 46.9 Å². The number of imidazole rings is 1. The van der Waals surface area contributed by atoms with Gasteiger partial charge in [-0.25, -0.2) is 19.2 Å². The summed E-state index contributed by atoms with van der Waals surface area (Å²) in [5.41, 5.74) is 4.34. The fraction of sp³-hybridized carbons (Fsp3) is 0.345. The Bertz CT molecular complexity index is 1580. The van der Waals surface area contributed by atoms with Crippen LogP contribution in [0.5, 0.6) is 5.88 Å². The van der Waals surface area contributed by atoms with Gasteiger partial charge in [-0.2, -0.15) is 0 Å². The van der Waals surface area contributed by atoms with Crippen molar-refractivity contribution in [3.63, 3.8) is 0 Å². The highest BCUT2D eigenvalue weighted by atomic mass is 127. The van der Waals surface area contributed by atoms with E-state index in [2.05, 4.69) is 43.1 Å². The summed E-state index contributed by atoms with van der Waals surface area (Å²) in [4.78, 5) is 24.4. The average molecular weight is 675 g/mol. The van der Waals surface area contributed by atoms with E-state index in [1.165, 1.54) is 11.3 Å². The number of alkyl halides is 1. The minimum absolute atomic E-state index is 0.126. The molecule has 2 aliphatic rings. The summed E-state index contributed by atoms with van der Waals surface area (Å²) in [6.07, 6.45) is 4.16. The van der Waals surface area contributed by atoms with E-state index in [0.29, 0.717) is 29.4 Å². The van der Waals surface area contributed by atoms with E-state index >= 15 is 0 Å². The van der Waals surface area contributed by atoms with E-state index in [0.717, 1.165) is 70.0 Å². The number of aromatic nitrogens is 3. The number of halogens is 2. The molecule has 1 N–H and O–H groups in total. The van der Waals surface area contributed by atoms with E-state index < -0.39 is 5.97 Å². The number of carbonyl (C=O) groups is 1. The highest BCUT2D eigenvalue weighted by Crippen LogP contribution is 2.30. The van der Waals surface area contributed by atoms with Crippen molar-refractivity contribution >= 4 is 55.8 Å². The van der Waals surface area contributed by atoms with Gasteiger partial charge in [-0.05, 0) is 42.2 Å². The minimum atomic E-state index is -0.926. The molecule has 40 heavy (non-hydrogen) atoms. The SMILES string of the molecule is O=C(O)c1cc2c(nc(CN3CC=C(c4cccc(OCc5ccc(CI)cc5F)n4)CC3)n2C[C@@H]2CCO2)s1. The molecular formula is C29H28FIN4O4S. The van der Waals surface area contributed by atoms with Crippen LogP contribution in [0.25, 0.3) is 15.9 Å². The number of hydrogen-bond acceptors (Lipinski definition) is 7. The first-order chi connectivity index (χ1) is 19.5. The van der Waals surface area contributed by atoms with E-state index in [-0.39, 0.29) is 18.5 Å². The Hall–Kier alpha value is -2.87. The summed E-state index contributed by atoms with van der Waals surface area (Å²) in [6.45, 7) is 3.83. The van der Waals surface area contributed by atoms with Gasteiger partial charge in [-0.15, -0.1) is 11.3 Å². The van der Waals surface area contributed by atoms with Crippen LogP contribution in [-0.2, 0) is 28.9 Å². The van der Waals surface area contributed by atoms with Crippen molar-refractivity contribution in [1.29, 1.82) is 0 Å². The highest BCUT2D eigenvalue weighted by molar-refractivity contribution is 14.1. The van der Waals surface area contributed by atoms with Crippen molar-refractivity contribution < 1.29 is 23.8 Å². The van der Waals surface area contributed by atoms with Crippen LogP contribution >= 0.6 is 33.9 Å². The number of carboxylic acid groups (broad SMARTS) is 1. The molecule has 208 valence electrons. The van der Waals surface area contributed by atoms with Gasteiger partial charge in [0, 0.05) is 35.8 Å².